The summed E-state index contributed by atoms with van der Waals surface area (Å²) < 4.78 is 2.09. The van der Waals surface area contributed by atoms with Crippen LogP contribution >= 0.6 is 39.1 Å². The van der Waals surface area contributed by atoms with E-state index >= 15 is 0 Å². The van der Waals surface area contributed by atoms with Crippen molar-refractivity contribution >= 4 is 50.8 Å². The molecule has 0 fully saturated rings. The normalized spacial score (nSPS) is 12.2. The standard InChI is InChI=1S/C20H19BrCl2N4O3/c1-9(2)27-18(17(19(29)30)26-20(27)21)16(15-14(28)7-12(23)8-24-15)25-13-6-11(22)5-4-10(13)3/h4-9,16,25,28H,1-3H3,(H,29,30). The van der Waals surface area contributed by atoms with Gasteiger partial charge in [-0.15, -0.1) is 0 Å². The van der Waals surface area contributed by atoms with E-state index < -0.39 is 12.0 Å². The molecule has 0 saturated carbocycles. The molecule has 0 aliphatic heterocycles. The van der Waals surface area contributed by atoms with E-state index in [4.69, 9.17) is 23.2 Å². The minimum Gasteiger partial charge on any atom is -0.506 e. The van der Waals surface area contributed by atoms with Gasteiger partial charge in [-0.05, 0) is 54.4 Å². The minimum absolute atomic E-state index is 0.130. The van der Waals surface area contributed by atoms with E-state index in [9.17, 15) is 15.0 Å². The van der Waals surface area contributed by atoms with Crippen LogP contribution in [0.2, 0.25) is 10.0 Å². The van der Waals surface area contributed by atoms with Crippen LogP contribution in [0.15, 0.2) is 35.2 Å². The van der Waals surface area contributed by atoms with Crippen molar-refractivity contribution in [2.24, 2.45) is 0 Å². The van der Waals surface area contributed by atoms with Crippen molar-refractivity contribution in [1.82, 2.24) is 14.5 Å². The maximum Gasteiger partial charge on any atom is 0.356 e. The molecule has 10 heteroatoms. The van der Waals surface area contributed by atoms with Crippen LogP contribution in [0, 0.1) is 6.92 Å². The number of pyridine rings is 1. The first-order chi connectivity index (χ1) is 14.1. The molecule has 0 amide bonds. The van der Waals surface area contributed by atoms with E-state index in [1.807, 2.05) is 26.8 Å². The van der Waals surface area contributed by atoms with Gasteiger partial charge in [0.25, 0.3) is 0 Å². The molecule has 0 saturated heterocycles. The fourth-order valence-corrected chi connectivity index (χ4v) is 4.28. The van der Waals surface area contributed by atoms with Crippen LogP contribution in [-0.2, 0) is 0 Å². The number of imidazole rings is 1. The number of rotatable bonds is 6. The Hall–Kier alpha value is -2.29. The number of aromatic hydroxyl groups is 1. The summed E-state index contributed by atoms with van der Waals surface area (Å²) in [6.45, 7) is 5.69. The zero-order chi connectivity index (χ0) is 22.2. The van der Waals surface area contributed by atoms with Crippen LogP contribution in [0.25, 0.3) is 0 Å². The molecule has 1 aromatic carbocycles. The number of halogens is 3. The number of carboxylic acid groups (broad SMARTS) is 1. The van der Waals surface area contributed by atoms with Gasteiger partial charge in [0.2, 0.25) is 0 Å². The average molecular weight is 514 g/mol. The fourth-order valence-electron chi connectivity index (χ4n) is 3.17. The third-order valence-electron chi connectivity index (χ3n) is 4.53. The Morgan fingerprint density at radius 2 is 1.93 bits per heavy atom. The Bertz CT molecular complexity index is 1120. The molecule has 2 heterocycles. The highest BCUT2D eigenvalue weighted by atomic mass is 79.9. The van der Waals surface area contributed by atoms with E-state index in [0.717, 1.165) is 5.56 Å². The van der Waals surface area contributed by atoms with Crippen LogP contribution in [0.5, 0.6) is 5.75 Å². The predicted octanol–water partition coefficient (Wildman–Crippen LogP) is 5.84. The molecule has 0 radical (unpaired) electrons. The van der Waals surface area contributed by atoms with Crippen LogP contribution in [0.1, 0.15) is 53.4 Å². The van der Waals surface area contributed by atoms with Crippen LogP contribution in [0.4, 0.5) is 5.69 Å². The molecule has 3 N–H and O–H groups in total. The first kappa shape index (κ1) is 22.4. The van der Waals surface area contributed by atoms with Crippen molar-refractivity contribution in [3.05, 3.63) is 67.9 Å². The highest BCUT2D eigenvalue weighted by molar-refractivity contribution is 9.10. The van der Waals surface area contributed by atoms with Crippen molar-refractivity contribution in [1.29, 1.82) is 0 Å². The third kappa shape index (κ3) is 4.40. The van der Waals surface area contributed by atoms with E-state index in [1.54, 1.807) is 16.7 Å². The lowest BCUT2D eigenvalue weighted by molar-refractivity contribution is 0.0689. The number of carbonyl (C=O) groups is 1. The molecule has 1 unspecified atom stereocenters. The Labute approximate surface area is 191 Å². The second kappa shape index (κ2) is 8.83. The molecule has 158 valence electrons. The molecular weight excluding hydrogens is 495 g/mol. The third-order valence-corrected chi connectivity index (χ3v) is 5.54. The first-order valence-electron chi connectivity index (χ1n) is 8.98. The van der Waals surface area contributed by atoms with Gasteiger partial charge in [0, 0.05) is 29.0 Å². The van der Waals surface area contributed by atoms with E-state index in [-0.39, 0.29) is 28.2 Å². The predicted molar refractivity (Wildman–Crippen MR) is 120 cm³/mol. The van der Waals surface area contributed by atoms with Gasteiger partial charge in [-0.3, -0.25) is 4.98 Å². The Balaban J connectivity index is 2.30. The summed E-state index contributed by atoms with van der Waals surface area (Å²) >= 11 is 15.5. The number of aromatic nitrogens is 3. The Morgan fingerprint density at radius 3 is 2.53 bits per heavy atom. The van der Waals surface area contributed by atoms with Gasteiger partial charge in [0.1, 0.15) is 17.5 Å². The number of nitrogens with one attached hydrogen (secondary N) is 1. The number of nitrogens with zero attached hydrogens (tertiary/aromatic N) is 3. The fraction of sp³-hybridized carbons (Fsp3) is 0.250. The summed E-state index contributed by atoms with van der Waals surface area (Å²) in [5, 5.41) is 24.5. The van der Waals surface area contributed by atoms with E-state index in [1.165, 1.54) is 12.3 Å². The first-order valence-corrected chi connectivity index (χ1v) is 10.5. The van der Waals surface area contributed by atoms with E-state index in [2.05, 4.69) is 31.2 Å². The van der Waals surface area contributed by atoms with Crippen molar-refractivity contribution in [3.63, 3.8) is 0 Å². The molecule has 3 aromatic rings. The molecule has 2 aromatic heterocycles. The minimum atomic E-state index is -1.20. The van der Waals surface area contributed by atoms with Gasteiger partial charge in [-0.2, -0.15) is 0 Å². The number of benzene rings is 1. The average Bonchev–Trinajstić information content (AvgIpc) is 3.00. The van der Waals surface area contributed by atoms with Crippen molar-refractivity contribution in [2.45, 2.75) is 32.9 Å². The van der Waals surface area contributed by atoms with Crippen molar-refractivity contribution in [2.75, 3.05) is 5.32 Å². The van der Waals surface area contributed by atoms with Crippen LogP contribution in [0.3, 0.4) is 0 Å². The monoisotopic (exact) mass is 512 g/mol. The van der Waals surface area contributed by atoms with Gasteiger partial charge >= 0.3 is 5.97 Å². The molecule has 3 rings (SSSR count). The Morgan fingerprint density at radius 1 is 1.23 bits per heavy atom. The van der Waals surface area contributed by atoms with Gasteiger partial charge in [-0.25, -0.2) is 9.78 Å². The van der Waals surface area contributed by atoms with Gasteiger partial charge in [-0.1, -0.05) is 29.3 Å². The van der Waals surface area contributed by atoms with Gasteiger partial charge in [0.05, 0.1) is 10.7 Å². The van der Waals surface area contributed by atoms with Crippen LogP contribution < -0.4 is 5.32 Å². The molecule has 0 spiro atoms. The van der Waals surface area contributed by atoms with Gasteiger partial charge < -0.3 is 20.1 Å². The quantitative estimate of drug-likeness (QED) is 0.382. The zero-order valence-corrected chi connectivity index (χ0v) is 19.4. The maximum absolute atomic E-state index is 12.0. The molecule has 7 nitrogen and oxygen atoms in total. The molecular formula is C20H19BrCl2N4O3. The maximum atomic E-state index is 12.0. The SMILES string of the molecule is Cc1ccc(Cl)cc1NC(c1ncc(Cl)cc1O)c1c(C(=O)O)nc(Br)n1C(C)C. The summed E-state index contributed by atoms with van der Waals surface area (Å²) in [7, 11) is 0. The topological polar surface area (TPSA) is 100 Å². The summed E-state index contributed by atoms with van der Waals surface area (Å²) in [5.41, 5.74) is 1.91. The second-order valence-electron chi connectivity index (χ2n) is 6.98. The van der Waals surface area contributed by atoms with Crippen molar-refractivity contribution in [3.8, 4) is 5.75 Å². The summed E-state index contributed by atoms with van der Waals surface area (Å²) in [6, 6.07) is 5.69. The molecule has 1 atom stereocenters. The highest BCUT2D eigenvalue weighted by Crippen LogP contribution is 2.37. The number of carboxylic acids is 1. The summed E-state index contributed by atoms with van der Waals surface area (Å²) in [5.74, 6) is -1.38. The summed E-state index contributed by atoms with van der Waals surface area (Å²) in [4.78, 5) is 20.5. The smallest absolute Gasteiger partial charge is 0.356 e. The largest absolute Gasteiger partial charge is 0.506 e. The number of aromatic carboxylic acids is 1. The van der Waals surface area contributed by atoms with Gasteiger partial charge in [0.15, 0.2) is 10.4 Å². The summed E-state index contributed by atoms with van der Waals surface area (Å²) in [6.07, 6.45) is 1.39. The molecule has 0 bridgehead atoms. The molecule has 30 heavy (non-hydrogen) atoms. The lowest BCUT2D eigenvalue weighted by Crippen LogP contribution is -2.22. The lowest BCUT2D eigenvalue weighted by atomic mass is 10.0. The lowest BCUT2D eigenvalue weighted by Gasteiger charge is -2.25. The second-order valence-corrected chi connectivity index (χ2v) is 8.56. The van der Waals surface area contributed by atoms with Crippen molar-refractivity contribution < 1.29 is 15.0 Å². The van der Waals surface area contributed by atoms with Crippen LogP contribution in [-0.4, -0.2) is 30.7 Å². The number of hydrogen-bond acceptors (Lipinski definition) is 5. The number of aryl methyl sites for hydroxylation is 1. The highest BCUT2D eigenvalue weighted by Gasteiger charge is 2.32. The number of anilines is 1. The number of hydrogen-bond donors (Lipinski definition) is 3. The van der Waals surface area contributed by atoms with E-state index in [0.29, 0.717) is 21.1 Å². The molecule has 0 aliphatic rings. The molecule has 0 aliphatic carbocycles. The Kier molecular flexibility index (Phi) is 6.59. The zero-order valence-electron chi connectivity index (χ0n) is 16.3.